The molecule has 4 aromatic rings. The molecule has 0 saturated carbocycles. The molecule has 8 heteroatoms. The minimum atomic E-state index is -3.98. The summed E-state index contributed by atoms with van der Waals surface area (Å²) >= 11 is 5.96. The van der Waals surface area contributed by atoms with Crippen LogP contribution in [0.1, 0.15) is 17.2 Å². The number of carbonyl (C=O) groups is 1. The highest BCUT2D eigenvalue weighted by Gasteiger charge is 2.38. The molecule has 0 aromatic heterocycles. The molecule has 1 aliphatic heterocycles. The summed E-state index contributed by atoms with van der Waals surface area (Å²) in [5.41, 5.74) is 2.18. The third-order valence-electron chi connectivity index (χ3n) is 5.98. The first-order valence-electron chi connectivity index (χ1n) is 11.4. The van der Waals surface area contributed by atoms with Crippen LogP contribution in [0, 0.1) is 0 Å². The first-order chi connectivity index (χ1) is 17.4. The van der Waals surface area contributed by atoms with Gasteiger partial charge >= 0.3 is 0 Å². The van der Waals surface area contributed by atoms with Crippen LogP contribution >= 0.6 is 11.6 Å². The van der Waals surface area contributed by atoms with Crippen molar-refractivity contribution in [1.29, 1.82) is 0 Å². The van der Waals surface area contributed by atoms with E-state index in [1.807, 2.05) is 60.7 Å². The summed E-state index contributed by atoms with van der Waals surface area (Å²) in [7, 11) is -3.98. The Morgan fingerprint density at radius 1 is 0.833 bits per heavy atom. The molecule has 1 aliphatic rings. The predicted molar refractivity (Wildman–Crippen MR) is 140 cm³/mol. The van der Waals surface area contributed by atoms with Gasteiger partial charge in [0.25, 0.3) is 15.9 Å². The molecule has 6 nitrogen and oxygen atoms in total. The fourth-order valence-electron chi connectivity index (χ4n) is 4.19. The molecule has 1 atom stereocenters. The summed E-state index contributed by atoms with van der Waals surface area (Å²) in [4.78, 5) is 13.6. The normalized spacial score (nSPS) is 15.2. The number of hydrogen-bond acceptors (Lipinski definition) is 4. The van der Waals surface area contributed by atoms with Crippen LogP contribution in [0.2, 0.25) is 5.02 Å². The molecule has 36 heavy (non-hydrogen) atoms. The Morgan fingerprint density at radius 2 is 1.39 bits per heavy atom. The molecule has 1 heterocycles. The maximum absolute atomic E-state index is 13.6. The van der Waals surface area contributed by atoms with Gasteiger partial charge in [0.1, 0.15) is 5.75 Å². The lowest BCUT2D eigenvalue weighted by Gasteiger charge is -2.35. The van der Waals surface area contributed by atoms with E-state index in [4.69, 9.17) is 16.3 Å². The van der Waals surface area contributed by atoms with Gasteiger partial charge in [-0.3, -0.25) is 9.10 Å². The van der Waals surface area contributed by atoms with Gasteiger partial charge in [-0.2, -0.15) is 0 Å². The largest absolute Gasteiger partial charge is 0.476 e. The minimum absolute atomic E-state index is 0.0780. The second kappa shape index (κ2) is 10.0. The van der Waals surface area contributed by atoms with Crippen LogP contribution in [0.5, 0.6) is 5.75 Å². The van der Waals surface area contributed by atoms with Crippen molar-refractivity contribution < 1.29 is 17.9 Å². The number of hydrogen-bond donors (Lipinski definition) is 1. The molecule has 0 unspecified atom stereocenters. The van der Waals surface area contributed by atoms with Crippen molar-refractivity contribution in [2.75, 3.05) is 10.8 Å². The number of carbonyl (C=O) groups excluding carboxylic acids is 1. The van der Waals surface area contributed by atoms with Crippen LogP contribution in [0.3, 0.4) is 0 Å². The molecule has 1 N–H and O–H groups in total. The zero-order valence-corrected chi connectivity index (χ0v) is 20.7. The first-order valence-corrected chi connectivity index (χ1v) is 13.2. The molecule has 0 bridgehead atoms. The van der Waals surface area contributed by atoms with Crippen LogP contribution < -0.4 is 14.4 Å². The topological polar surface area (TPSA) is 75.7 Å². The fourth-order valence-corrected chi connectivity index (χ4v) is 5.79. The average Bonchev–Trinajstić information content (AvgIpc) is 2.92. The summed E-state index contributed by atoms with van der Waals surface area (Å²) in [5.74, 6) is -0.101. The lowest BCUT2D eigenvalue weighted by atomic mass is 9.98. The number of nitrogens with zero attached hydrogens (tertiary/aromatic N) is 1. The van der Waals surface area contributed by atoms with E-state index in [1.165, 1.54) is 28.6 Å². The van der Waals surface area contributed by atoms with Crippen molar-refractivity contribution in [1.82, 2.24) is 5.32 Å². The molecular weight excluding hydrogens is 496 g/mol. The predicted octanol–water partition coefficient (Wildman–Crippen LogP) is 5.20. The first kappa shape index (κ1) is 23.9. The fraction of sp³-hybridized carbons (Fsp3) is 0.107. The third-order valence-corrected chi connectivity index (χ3v) is 8.03. The molecule has 1 amide bonds. The molecule has 0 fully saturated rings. The number of amides is 1. The van der Waals surface area contributed by atoms with E-state index >= 15 is 0 Å². The molecule has 4 aromatic carbocycles. The lowest BCUT2D eigenvalue weighted by molar-refractivity contribution is -0.128. The second-order valence-electron chi connectivity index (χ2n) is 8.33. The number of nitrogens with one attached hydrogen (secondary N) is 1. The Hall–Kier alpha value is -3.81. The van der Waals surface area contributed by atoms with Gasteiger partial charge in [0.2, 0.25) is 0 Å². The van der Waals surface area contributed by atoms with E-state index < -0.39 is 28.1 Å². The quantitative estimate of drug-likeness (QED) is 0.380. The van der Waals surface area contributed by atoms with Gasteiger partial charge in [-0.05, 0) is 47.5 Å². The van der Waals surface area contributed by atoms with Crippen molar-refractivity contribution in [3.63, 3.8) is 0 Å². The van der Waals surface area contributed by atoms with E-state index in [-0.39, 0.29) is 11.4 Å². The van der Waals surface area contributed by atoms with Crippen LogP contribution in [0.4, 0.5) is 5.69 Å². The Morgan fingerprint density at radius 3 is 2.00 bits per heavy atom. The smallest absolute Gasteiger partial charge is 0.264 e. The van der Waals surface area contributed by atoms with E-state index in [2.05, 4.69) is 5.32 Å². The lowest BCUT2D eigenvalue weighted by Crippen LogP contribution is -2.51. The number of halogens is 1. The van der Waals surface area contributed by atoms with Gasteiger partial charge < -0.3 is 10.1 Å². The van der Waals surface area contributed by atoms with Gasteiger partial charge in [-0.1, -0.05) is 84.4 Å². The molecule has 0 radical (unpaired) electrons. The maximum Gasteiger partial charge on any atom is 0.264 e. The Kier molecular flexibility index (Phi) is 6.67. The third kappa shape index (κ3) is 4.80. The highest BCUT2D eigenvalue weighted by Crippen LogP contribution is 2.37. The molecule has 5 rings (SSSR count). The van der Waals surface area contributed by atoms with Gasteiger partial charge in [0.05, 0.1) is 23.2 Å². The van der Waals surface area contributed by atoms with Crippen molar-refractivity contribution in [3.05, 3.63) is 125 Å². The van der Waals surface area contributed by atoms with Crippen LogP contribution in [-0.2, 0) is 14.8 Å². The number of rotatable bonds is 6. The summed E-state index contributed by atoms with van der Waals surface area (Å²) in [5, 5.41) is 3.50. The van der Waals surface area contributed by atoms with Gasteiger partial charge in [-0.25, -0.2) is 8.42 Å². The summed E-state index contributed by atoms with van der Waals surface area (Å²) in [6.45, 7) is -0.176. The second-order valence-corrected chi connectivity index (χ2v) is 10.6. The summed E-state index contributed by atoms with van der Waals surface area (Å²) in [6.07, 6.45) is -1.06. The number of ether oxygens (including phenoxy) is 1. The maximum atomic E-state index is 13.6. The van der Waals surface area contributed by atoms with Crippen molar-refractivity contribution in [2.24, 2.45) is 0 Å². The van der Waals surface area contributed by atoms with Crippen LogP contribution in [-0.4, -0.2) is 27.0 Å². The number of sulfonamides is 1. The number of benzene rings is 4. The van der Waals surface area contributed by atoms with E-state index in [0.29, 0.717) is 16.5 Å². The zero-order valence-electron chi connectivity index (χ0n) is 19.1. The highest BCUT2D eigenvalue weighted by atomic mass is 35.5. The van der Waals surface area contributed by atoms with Crippen LogP contribution in [0.15, 0.2) is 114 Å². The standard InChI is InChI=1S/C28H23ClN2O4S/c29-22-15-17-23(18-16-22)36(33,34)31-19-26(35-25-14-8-7-13-24(25)31)28(32)30-27(20-9-3-1-4-10-20)21-11-5-2-6-12-21/h1-18,26-27H,19H2,(H,30,32)/t26-/m1/s1. The molecule has 182 valence electrons. The Balaban J connectivity index is 1.47. The zero-order chi connectivity index (χ0) is 25.1. The number of fused-ring (bicyclic) bond motifs is 1. The van der Waals surface area contributed by atoms with E-state index in [9.17, 15) is 13.2 Å². The van der Waals surface area contributed by atoms with Gasteiger partial charge in [0.15, 0.2) is 6.10 Å². The summed E-state index contributed by atoms with van der Waals surface area (Å²) < 4.78 is 34.4. The monoisotopic (exact) mass is 518 g/mol. The molecular formula is C28H23ClN2O4S. The van der Waals surface area contributed by atoms with Crippen LogP contribution in [0.25, 0.3) is 0 Å². The number of para-hydroxylation sites is 2. The molecule has 0 saturated heterocycles. The summed E-state index contributed by atoms with van der Waals surface area (Å²) in [6, 6.07) is 31.5. The Bertz CT molecular complexity index is 1420. The van der Waals surface area contributed by atoms with Crippen molar-refractivity contribution in [2.45, 2.75) is 17.0 Å². The Labute approximate surface area is 215 Å². The minimum Gasteiger partial charge on any atom is -0.476 e. The molecule has 0 spiro atoms. The van der Waals surface area contributed by atoms with E-state index in [1.54, 1.807) is 24.3 Å². The van der Waals surface area contributed by atoms with E-state index in [0.717, 1.165) is 11.1 Å². The number of anilines is 1. The van der Waals surface area contributed by atoms with Crippen molar-refractivity contribution in [3.8, 4) is 5.75 Å². The average molecular weight is 519 g/mol. The van der Waals surface area contributed by atoms with Crippen molar-refractivity contribution >= 4 is 33.2 Å². The van der Waals surface area contributed by atoms with Gasteiger partial charge in [0, 0.05) is 5.02 Å². The highest BCUT2D eigenvalue weighted by molar-refractivity contribution is 7.92. The SMILES string of the molecule is O=C(NC(c1ccccc1)c1ccccc1)[C@H]1CN(S(=O)(=O)c2ccc(Cl)cc2)c2ccccc2O1. The van der Waals surface area contributed by atoms with Gasteiger partial charge in [-0.15, -0.1) is 0 Å². The molecule has 0 aliphatic carbocycles.